The minimum absolute atomic E-state index is 0.254. The molecule has 2 rings (SSSR count). The highest BCUT2D eigenvalue weighted by Crippen LogP contribution is 2.28. The topological polar surface area (TPSA) is 59.9 Å². The average molecular weight is 319 g/mol. The van der Waals surface area contributed by atoms with E-state index in [0.717, 1.165) is 5.56 Å². The van der Waals surface area contributed by atoms with Gasteiger partial charge in [-0.25, -0.2) is 0 Å². The molecule has 22 heavy (non-hydrogen) atoms. The molecule has 1 amide bonds. The Morgan fingerprint density at radius 3 is 2.55 bits per heavy atom. The largest absolute Gasteiger partial charge is 0.495 e. The smallest absolute Gasteiger partial charge is 0.255 e. The van der Waals surface area contributed by atoms with Gasteiger partial charge in [0.25, 0.3) is 5.91 Å². The Hall–Kier alpha value is -2.53. The number of carbonyl (C=O) groups is 1. The van der Waals surface area contributed by atoms with Gasteiger partial charge in [0.15, 0.2) is 0 Å². The zero-order chi connectivity index (χ0) is 15.9. The second-order valence-corrected chi connectivity index (χ2v) is 4.77. The molecular weight excluding hydrogens is 304 g/mol. The molecule has 0 heterocycles. The van der Waals surface area contributed by atoms with Crippen LogP contribution < -0.4 is 10.1 Å². The summed E-state index contributed by atoms with van der Waals surface area (Å²) in [5.41, 5.74) is 1.86. The predicted octanol–water partition coefficient (Wildman–Crippen LogP) is 3.58. The number of methoxy groups -OCH3 is 1. The van der Waals surface area contributed by atoms with Crippen LogP contribution in [-0.4, -0.2) is 26.3 Å². The zero-order valence-corrected chi connectivity index (χ0v) is 12.9. The number of rotatable bonds is 5. The van der Waals surface area contributed by atoms with E-state index in [2.05, 4.69) is 15.3 Å². The number of oxime groups is 1. The number of carbonyl (C=O) groups excluding carboxylic acids is 1. The number of ether oxygens (including phenoxy) is 1. The second-order valence-electron chi connectivity index (χ2n) is 4.34. The Balaban J connectivity index is 2.15. The van der Waals surface area contributed by atoms with Crippen molar-refractivity contribution in [3.05, 3.63) is 58.6 Å². The van der Waals surface area contributed by atoms with Gasteiger partial charge in [-0.1, -0.05) is 28.9 Å². The molecule has 5 nitrogen and oxygen atoms in total. The molecule has 0 saturated heterocycles. The molecular formula is C16H15ClN2O3. The molecule has 0 saturated carbocycles. The third-order valence-corrected chi connectivity index (χ3v) is 3.12. The van der Waals surface area contributed by atoms with Gasteiger partial charge in [0, 0.05) is 10.6 Å². The Kier molecular flexibility index (Phi) is 5.38. The van der Waals surface area contributed by atoms with E-state index in [0.29, 0.717) is 22.0 Å². The summed E-state index contributed by atoms with van der Waals surface area (Å²) in [5.74, 6) is 0.289. The first-order valence-electron chi connectivity index (χ1n) is 6.45. The van der Waals surface area contributed by atoms with Crippen LogP contribution in [0.5, 0.6) is 5.75 Å². The SMILES string of the molecule is CO/N=C/c1ccc(C(=O)Nc2cc(Cl)ccc2OC)cc1. The molecule has 2 aromatic rings. The second kappa shape index (κ2) is 7.47. The third kappa shape index (κ3) is 3.99. The number of nitrogens with zero attached hydrogens (tertiary/aromatic N) is 1. The fourth-order valence-electron chi connectivity index (χ4n) is 1.81. The van der Waals surface area contributed by atoms with Gasteiger partial charge < -0.3 is 14.9 Å². The van der Waals surface area contributed by atoms with Gasteiger partial charge in [-0.3, -0.25) is 4.79 Å². The monoisotopic (exact) mass is 318 g/mol. The van der Waals surface area contributed by atoms with Crippen LogP contribution in [0.4, 0.5) is 5.69 Å². The molecule has 0 unspecified atom stereocenters. The van der Waals surface area contributed by atoms with Gasteiger partial charge in [-0.15, -0.1) is 0 Å². The molecule has 114 valence electrons. The van der Waals surface area contributed by atoms with Crippen LogP contribution in [0.3, 0.4) is 0 Å². The lowest BCUT2D eigenvalue weighted by Crippen LogP contribution is -2.12. The van der Waals surface area contributed by atoms with E-state index in [1.165, 1.54) is 14.2 Å². The van der Waals surface area contributed by atoms with Crippen LogP contribution in [0.2, 0.25) is 5.02 Å². The molecule has 0 aliphatic heterocycles. The molecule has 0 radical (unpaired) electrons. The summed E-state index contributed by atoms with van der Waals surface area (Å²) in [4.78, 5) is 16.9. The summed E-state index contributed by atoms with van der Waals surface area (Å²) in [6.07, 6.45) is 1.56. The summed E-state index contributed by atoms with van der Waals surface area (Å²) in [7, 11) is 3.00. The van der Waals surface area contributed by atoms with Gasteiger partial charge >= 0.3 is 0 Å². The van der Waals surface area contributed by atoms with Crippen molar-refractivity contribution in [2.24, 2.45) is 5.16 Å². The number of benzene rings is 2. The number of nitrogens with one attached hydrogen (secondary N) is 1. The summed E-state index contributed by atoms with van der Waals surface area (Å²) >= 11 is 5.94. The van der Waals surface area contributed by atoms with Crippen molar-refractivity contribution in [3.63, 3.8) is 0 Å². The predicted molar refractivity (Wildman–Crippen MR) is 87.0 cm³/mol. The first-order valence-corrected chi connectivity index (χ1v) is 6.83. The molecule has 1 N–H and O–H groups in total. The maximum Gasteiger partial charge on any atom is 0.255 e. The molecule has 6 heteroatoms. The van der Waals surface area contributed by atoms with Crippen LogP contribution in [0, 0.1) is 0 Å². The van der Waals surface area contributed by atoms with Crippen molar-refractivity contribution in [1.82, 2.24) is 0 Å². The molecule has 0 bridgehead atoms. The lowest BCUT2D eigenvalue weighted by atomic mass is 10.1. The molecule has 0 atom stereocenters. The summed E-state index contributed by atoms with van der Waals surface area (Å²) in [6.45, 7) is 0. The highest BCUT2D eigenvalue weighted by molar-refractivity contribution is 6.31. The molecule has 0 spiro atoms. The van der Waals surface area contributed by atoms with Gasteiger partial charge in [-0.2, -0.15) is 0 Å². The van der Waals surface area contributed by atoms with E-state index in [1.54, 1.807) is 48.7 Å². The normalized spacial score (nSPS) is 10.5. The fraction of sp³-hybridized carbons (Fsp3) is 0.125. The lowest BCUT2D eigenvalue weighted by molar-refractivity contribution is 0.102. The van der Waals surface area contributed by atoms with Gasteiger partial charge in [0.2, 0.25) is 0 Å². The van der Waals surface area contributed by atoms with Crippen LogP contribution in [-0.2, 0) is 4.84 Å². The molecule has 0 fully saturated rings. The third-order valence-electron chi connectivity index (χ3n) is 2.89. The Morgan fingerprint density at radius 1 is 1.18 bits per heavy atom. The van der Waals surface area contributed by atoms with Crippen molar-refractivity contribution in [2.45, 2.75) is 0 Å². The van der Waals surface area contributed by atoms with Crippen LogP contribution >= 0.6 is 11.6 Å². The van der Waals surface area contributed by atoms with E-state index in [1.807, 2.05) is 0 Å². The van der Waals surface area contributed by atoms with E-state index >= 15 is 0 Å². The number of amides is 1. The van der Waals surface area contributed by atoms with Gasteiger partial charge in [0.1, 0.15) is 12.9 Å². The Bertz CT molecular complexity index is 684. The van der Waals surface area contributed by atoms with E-state index in [9.17, 15) is 4.79 Å². The van der Waals surface area contributed by atoms with Crippen LogP contribution in [0.25, 0.3) is 0 Å². The standard InChI is InChI=1S/C16H15ClN2O3/c1-21-15-8-7-13(17)9-14(15)19-16(20)12-5-3-11(4-6-12)10-18-22-2/h3-10H,1-2H3,(H,19,20)/b18-10+. The first kappa shape index (κ1) is 15.9. The number of hydrogen-bond donors (Lipinski definition) is 1. The maximum absolute atomic E-state index is 12.3. The van der Waals surface area contributed by atoms with E-state index < -0.39 is 0 Å². The van der Waals surface area contributed by atoms with E-state index in [4.69, 9.17) is 16.3 Å². The van der Waals surface area contributed by atoms with Crippen molar-refractivity contribution in [3.8, 4) is 5.75 Å². The molecule has 0 aromatic heterocycles. The van der Waals surface area contributed by atoms with Crippen molar-refractivity contribution >= 4 is 29.4 Å². The summed E-state index contributed by atoms with van der Waals surface area (Å²) in [6, 6.07) is 12.0. The highest BCUT2D eigenvalue weighted by atomic mass is 35.5. The quantitative estimate of drug-likeness (QED) is 0.677. The Morgan fingerprint density at radius 2 is 1.91 bits per heavy atom. The minimum atomic E-state index is -0.254. The van der Waals surface area contributed by atoms with Gasteiger partial charge in [0.05, 0.1) is 19.0 Å². The fourth-order valence-corrected chi connectivity index (χ4v) is 1.98. The number of halogens is 1. The first-order chi connectivity index (χ1) is 10.6. The van der Waals surface area contributed by atoms with Crippen molar-refractivity contribution < 1.29 is 14.4 Å². The van der Waals surface area contributed by atoms with Crippen molar-refractivity contribution in [1.29, 1.82) is 0 Å². The van der Waals surface area contributed by atoms with Gasteiger partial charge in [-0.05, 0) is 35.9 Å². The zero-order valence-electron chi connectivity index (χ0n) is 12.2. The molecule has 0 aliphatic rings. The maximum atomic E-state index is 12.3. The number of hydrogen-bond acceptors (Lipinski definition) is 4. The highest BCUT2D eigenvalue weighted by Gasteiger charge is 2.10. The van der Waals surface area contributed by atoms with E-state index in [-0.39, 0.29) is 5.91 Å². The molecule has 0 aliphatic carbocycles. The van der Waals surface area contributed by atoms with Crippen LogP contribution in [0.1, 0.15) is 15.9 Å². The lowest BCUT2D eigenvalue weighted by Gasteiger charge is -2.10. The minimum Gasteiger partial charge on any atom is -0.495 e. The van der Waals surface area contributed by atoms with Crippen molar-refractivity contribution in [2.75, 3.05) is 19.5 Å². The summed E-state index contributed by atoms with van der Waals surface area (Å²) in [5, 5.41) is 6.95. The van der Waals surface area contributed by atoms with Crippen LogP contribution in [0.15, 0.2) is 47.6 Å². The summed E-state index contributed by atoms with van der Waals surface area (Å²) < 4.78 is 5.20. The Labute approximate surface area is 133 Å². The number of anilines is 1. The molecule has 2 aromatic carbocycles. The average Bonchev–Trinajstić information content (AvgIpc) is 2.53.